The molecule has 0 aromatic heterocycles. The van der Waals surface area contributed by atoms with Crippen molar-refractivity contribution in [3.8, 4) is 0 Å². The topological polar surface area (TPSA) is 38.8 Å². The Labute approximate surface area is 214 Å². The van der Waals surface area contributed by atoms with Crippen molar-refractivity contribution in [2.24, 2.45) is 0 Å². The van der Waals surface area contributed by atoms with Crippen LogP contribution < -0.4 is 5.32 Å². The van der Waals surface area contributed by atoms with E-state index in [0.717, 1.165) is 51.9 Å². The number of hydrogen-bond acceptors (Lipinski definition) is 4. The third-order valence-corrected chi connectivity index (χ3v) is 6.77. The van der Waals surface area contributed by atoms with Crippen LogP contribution in [-0.4, -0.2) is 88.1 Å². The molecule has 0 saturated carbocycles. The molecule has 0 spiro atoms. The van der Waals surface area contributed by atoms with Gasteiger partial charge in [-0.1, -0.05) is 56.3 Å². The summed E-state index contributed by atoms with van der Waals surface area (Å²) in [6.07, 6.45) is 4.31. The van der Waals surface area contributed by atoms with Gasteiger partial charge in [-0.2, -0.15) is 0 Å². The Morgan fingerprint density at radius 2 is 1.41 bits per heavy atom. The molecule has 0 unspecified atom stereocenters. The van der Waals surface area contributed by atoms with Crippen molar-refractivity contribution < 1.29 is 4.79 Å². The number of carbonyl (C=O) groups is 1. The molecule has 0 bridgehead atoms. The fraction of sp³-hybridized carbons (Fsp3) is 0.607. The van der Waals surface area contributed by atoms with Gasteiger partial charge in [0.1, 0.15) is 0 Å². The molecule has 2 rings (SSSR count). The zero-order valence-electron chi connectivity index (χ0n) is 22.3. The maximum Gasteiger partial charge on any atom is 0.234 e. The molecule has 2 aromatic rings. The van der Waals surface area contributed by atoms with E-state index >= 15 is 0 Å². The summed E-state index contributed by atoms with van der Waals surface area (Å²) in [5.74, 6) is 0.128. The second kappa shape index (κ2) is 15.4. The summed E-state index contributed by atoms with van der Waals surface area (Å²) in [6, 6.07) is 15.4. The molecule has 5 nitrogen and oxygen atoms in total. The van der Waals surface area contributed by atoms with Gasteiger partial charge in [-0.05, 0) is 96.4 Å². The predicted octanol–water partition coefficient (Wildman–Crippen LogP) is 4.64. The van der Waals surface area contributed by atoms with E-state index in [2.05, 4.69) is 105 Å². The van der Waals surface area contributed by atoms with E-state index in [1.807, 2.05) is 0 Å². The zero-order valence-corrected chi connectivity index (χ0v) is 23.1. The van der Waals surface area contributed by atoms with Crippen molar-refractivity contribution in [1.82, 2.24) is 20.0 Å². The fourth-order valence-electron chi connectivity index (χ4n) is 4.80. The molecule has 0 heterocycles. The molecule has 0 fully saturated rings. The Morgan fingerprint density at radius 1 is 0.853 bits per heavy atom. The van der Waals surface area contributed by atoms with E-state index in [-0.39, 0.29) is 23.7 Å². The molecule has 34 heavy (non-hydrogen) atoms. The molecule has 6 heteroatoms. The molecular formula is C28H47ClN4O. The zero-order chi connectivity index (χ0) is 24.3. The van der Waals surface area contributed by atoms with Gasteiger partial charge in [0.2, 0.25) is 5.91 Å². The minimum Gasteiger partial charge on any atom is -0.354 e. The van der Waals surface area contributed by atoms with E-state index in [9.17, 15) is 4.79 Å². The van der Waals surface area contributed by atoms with Gasteiger partial charge in [-0.15, -0.1) is 12.4 Å². The van der Waals surface area contributed by atoms with Crippen LogP contribution in [0.1, 0.15) is 45.1 Å². The van der Waals surface area contributed by atoms with Crippen molar-refractivity contribution in [3.63, 3.8) is 0 Å². The average molecular weight is 491 g/mol. The first-order valence-corrected chi connectivity index (χ1v) is 12.6. The van der Waals surface area contributed by atoms with Crippen LogP contribution in [0.25, 0.3) is 10.8 Å². The third-order valence-electron chi connectivity index (χ3n) is 6.77. The van der Waals surface area contributed by atoms with Crippen molar-refractivity contribution in [3.05, 3.63) is 48.0 Å². The lowest BCUT2D eigenvalue weighted by molar-refractivity contribution is -0.122. The second-order valence-corrected chi connectivity index (χ2v) is 9.86. The van der Waals surface area contributed by atoms with Gasteiger partial charge < -0.3 is 15.1 Å². The minimum atomic E-state index is -0.0915. The van der Waals surface area contributed by atoms with E-state index in [1.54, 1.807) is 0 Å². The minimum absolute atomic E-state index is 0. The van der Waals surface area contributed by atoms with Crippen LogP contribution in [0.2, 0.25) is 0 Å². The highest BCUT2D eigenvalue weighted by Crippen LogP contribution is 2.38. The fourth-order valence-corrected chi connectivity index (χ4v) is 4.80. The Kier molecular flexibility index (Phi) is 13.7. The highest BCUT2D eigenvalue weighted by Gasteiger charge is 2.33. The molecule has 0 saturated heterocycles. The van der Waals surface area contributed by atoms with Crippen LogP contribution in [0.4, 0.5) is 0 Å². The summed E-state index contributed by atoms with van der Waals surface area (Å²) in [7, 11) is 8.55. The molecule has 1 N–H and O–H groups in total. The molecule has 0 aliphatic heterocycles. The summed E-state index contributed by atoms with van der Waals surface area (Å²) in [4.78, 5) is 19.6. The second-order valence-electron chi connectivity index (χ2n) is 9.86. The number of nitrogens with zero attached hydrogens (tertiary/aromatic N) is 3. The molecule has 0 aliphatic rings. The van der Waals surface area contributed by atoms with Crippen LogP contribution >= 0.6 is 12.4 Å². The highest BCUT2D eigenvalue weighted by molar-refractivity contribution is 5.87. The van der Waals surface area contributed by atoms with Crippen LogP contribution in [0.5, 0.6) is 0 Å². The molecule has 0 radical (unpaired) electrons. The van der Waals surface area contributed by atoms with Gasteiger partial charge in [0, 0.05) is 12.0 Å². The Bertz CT molecular complexity index is 832. The Hall–Kier alpha value is -1.66. The van der Waals surface area contributed by atoms with Gasteiger partial charge >= 0.3 is 0 Å². The van der Waals surface area contributed by atoms with Crippen LogP contribution in [0.15, 0.2) is 42.5 Å². The van der Waals surface area contributed by atoms with Crippen molar-refractivity contribution >= 4 is 29.1 Å². The summed E-state index contributed by atoms with van der Waals surface area (Å²) < 4.78 is 0. The van der Waals surface area contributed by atoms with E-state index in [0.29, 0.717) is 13.1 Å². The maximum atomic E-state index is 12.9. The molecular weight excluding hydrogens is 444 g/mol. The summed E-state index contributed by atoms with van der Waals surface area (Å²) in [6.45, 7) is 9.25. The van der Waals surface area contributed by atoms with Gasteiger partial charge in [0.25, 0.3) is 0 Å². The summed E-state index contributed by atoms with van der Waals surface area (Å²) in [5, 5.41) is 5.94. The van der Waals surface area contributed by atoms with Crippen LogP contribution in [0, 0.1) is 0 Å². The van der Waals surface area contributed by atoms with E-state index in [4.69, 9.17) is 0 Å². The summed E-state index contributed by atoms with van der Waals surface area (Å²) in [5.41, 5.74) is 1.28. The number of benzene rings is 2. The normalized spacial score (nSPS) is 11.9. The number of hydrogen-bond donors (Lipinski definition) is 1. The number of fused-ring (bicyclic) bond motifs is 1. The van der Waals surface area contributed by atoms with Crippen LogP contribution in [0.3, 0.4) is 0 Å². The van der Waals surface area contributed by atoms with Gasteiger partial charge in [-0.25, -0.2) is 0 Å². The standard InChI is InChI=1S/C28H46N4O.ClH/c1-7-32(8-2)22-27(33)29-23-28(18-12-20-30(3)4,19-13-21-31(5)6)26-17-11-15-24-14-9-10-16-25(24)26;/h9-11,14-17H,7-8,12-13,18-23H2,1-6H3,(H,29,33);1H. The van der Waals surface area contributed by atoms with E-state index in [1.165, 1.54) is 16.3 Å². The quantitative estimate of drug-likeness (QED) is 0.394. The monoisotopic (exact) mass is 490 g/mol. The van der Waals surface area contributed by atoms with Crippen molar-refractivity contribution in [2.45, 2.75) is 44.9 Å². The number of amides is 1. The van der Waals surface area contributed by atoms with Gasteiger partial charge in [0.15, 0.2) is 0 Å². The first-order chi connectivity index (χ1) is 15.8. The smallest absolute Gasteiger partial charge is 0.234 e. The SMILES string of the molecule is CCN(CC)CC(=O)NCC(CCCN(C)C)(CCCN(C)C)c1cccc2ccccc12.Cl. The highest BCUT2D eigenvalue weighted by atomic mass is 35.5. The first-order valence-electron chi connectivity index (χ1n) is 12.6. The Morgan fingerprint density at radius 3 is 1.97 bits per heavy atom. The molecule has 0 atom stereocenters. The molecule has 192 valence electrons. The average Bonchev–Trinajstić information content (AvgIpc) is 2.79. The maximum absolute atomic E-state index is 12.9. The third kappa shape index (κ3) is 9.18. The number of carbonyl (C=O) groups excluding carboxylic acids is 1. The molecule has 0 aliphatic carbocycles. The lowest BCUT2D eigenvalue weighted by atomic mass is 9.71. The van der Waals surface area contributed by atoms with Gasteiger partial charge in [-0.3, -0.25) is 9.69 Å². The lowest BCUT2D eigenvalue weighted by Gasteiger charge is -2.37. The van der Waals surface area contributed by atoms with Crippen molar-refractivity contribution in [2.75, 3.05) is 67.5 Å². The van der Waals surface area contributed by atoms with Crippen molar-refractivity contribution in [1.29, 1.82) is 0 Å². The molecule has 2 aromatic carbocycles. The predicted molar refractivity (Wildman–Crippen MR) is 149 cm³/mol. The summed E-state index contributed by atoms with van der Waals surface area (Å²) >= 11 is 0. The van der Waals surface area contributed by atoms with Crippen LogP contribution in [-0.2, 0) is 10.2 Å². The van der Waals surface area contributed by atoms with Gasteiger partial charge in [0.05, 0.1) is 6.54 Å². The first kappa shape index (κ1) is 30.4. The number of likely N-dealkylation sites (N-methyl/N-ethyl adjacent to an activating group) is 1. The number of halogens is 1. The number of nitrogens with one attached hydrogen (secondary N) is 1. The largest absolute Gasteiger partial charge is 0.354 e. The van der Waals surface area contributed by atoms with E-state index < -0.39 is 0 Å². The Balaban J connectivity index is 0.00000578. The lowest BCUT2D eigenvalue weighted by Crippen LogP contribution is -2.45. The number of rotatable bonds is 15. The molecule has 1 amide bonds.